The lowest BCUT2D eigenvalue weighted by molar-refractivity contribution is -0.384. The second kappa shape index (κ2) is 8.10. The predicted molar refractivity (Wildman–Crippen MR) is 112 cm³/mol. The molecule has 4 rings (SSSR count). The first kappa shape index (κ1) is 21.0. The van der Waals surface area contributed by atoms with Crippen molar-refractivity contribution in [3.05, 3.63) is 58.6 Å². The fraction of sp³-hybridized carbons (Fsp3) is 0.238. The van der Waals surface area contributed by atoms with Gasteiger partial charge in [0.2, 0.25) is 5.91 Å². The van der Waals surface area contributed by atoms with Crippen molar-refractivity contribution in [3.63, 3.8) is 0 Å². The predicted octanol–water partition coefficient (Wildman–Crippen LogP) is 1.90. The minimum Gasteiger partial charge on any atom is -0.495 e. The highest BCUT2D eigenvalue weighted by Gasteiger charge is 2.59. The summed E-state index contributed by atoms with van der Waals surface area (Å²) < 4.78 is 10.3. The van der Waals surface area contributed by atoms with Crippen molar-refractivity contribution in [2.24, 2.45) is 11.0 Å². The van der Waals surface area contributed by atoms with Crippen molar-refractivity contribution < 1.29 is 28.8 Å². The van der Waals surface area contributed by atoms with Crippen molar-refractivity contribution in [3.8, 4) is 5.75 Å². The Morgan fingerprint density at radius 2 is 1.81 bits per heavy atom. The zero-order valence-electron chi connectivity index (χ0n) is 17.1. The maximum absolute atomic E-state index is 13.4. The number of carbonyl (C=O) groups is 3. The van der Waals surface area contributed by atoms with Gasteiger partial charge < -0.3 is 9.47 Å². The number of carbonyl (C=O) groups excluding carboxylic acids is 3. The van der Waals surface area contributed by atoms with E-state index in [0.717, 1.165) is 4.90 Å². The first-order valence-electron chi connectivity index (χ1n) is 9.69. The third kappa shape index (κ3) is 3.23. The molecule has 2 aromatic rings. The molecule has 2 heterocycles. The summed E-state index contributed by atoms with van der Waals surface area (Å²) in [6.07, 6.45) is 0. The molecule has 2 unspecified atom stereocenters. The van der Waals surface area contributed by atoms with E-state index in [9.17, 15) is 24.5 Å². The van der Waals surface area contributed by atoms with Crippen molar-refractivity contribution in [1.82, 2.24) is 0 Å². The van der Waals surface area contributed by atoms with E-state index in [1.165, 1.54) is 36.4 Å². The lowest BCUT2D eigenvalue weighted by Crippen LogP contribution is -2.39. The molecule has 32 heavy (non-hydrogen) atoms. The highest BCUT2D eigenvalue weighted by Crippen LogP contribution is 2.40. The van der Waals surface area contributed by atoms with Gasteiger partial charge >= 0.3 is 5.97 Å². The Balaban J connectivity index is 1.79. The zero-order valence-corrected chi connectivity index (χ0v) is 17.1. The molecule has 2 atom stereocenters. The second-order valence-electron chi connectivity index (χ2n) is 6.93. The summed E-state index contributed by atoms with van der Waals surface area (Å²) in [7, 11) is 1.42. The lowest BCUT2D eigenvalue weighted by atomic mass is 9.97. The van der Waals surface area contributed by atoms with Gasteiger partial charge in [-0.2, -0.15) is 5.10 Å². The number of nitro benzene ring substituents is 1. The van der Waals surface area contributed by atoms with E-state index in [2.05, 4.69) is 5.10 Å². The van der Waals surface area contributed by atoms with Gasteiger partial charge in [-0.15, -0.1) is 0 Å². The van der Waals surface area contributed by atoms with Crippen LogP contribution in [0.3, 0.4) is 0 Å². The summed E-state index contributed by atoms with van der Waals surface area (Å²) in [4.78, 5) is 50.7. The van der Waals surface area contributed by atoms with Crippen LogP contribution in [0.5, 0.6) is 5.75 Å². The summed E-state index contributed by atoms with van der Waals surface area (Å²) in [6, 6.07) is 10.7. The van der Waals surface area contributed by atoms with Crippen molar-refractivity contribution >= 4 is 40.6 Å². The van der Waals surface area contributed by atoms with Gasteiger partial charge in [-0.25, -0.2) is 9.69 Å². The largest absolute Gasteiger partial charge is 0.495 e. The topological polar surface area (TPSA) is 132 Å². The number of rotatable bonds is 6. The SMILES string of the molecule is CCOC(=O)C1=NN(c2ccc([N+](=O)[O-])cc2)C2C(=O)N(c3ccccc3OC)C(=O)C12. The normalized spacial score (nSPS) is 19.6. The Kier molecular flexibility index (Phi) is 5.31. The van der Waals surface area contributed by atoms with Crippen LogP contribution in [0.4, 0.5) is 17.1 Å². The van der Waals surface area contributed by atoms with Crippen LogP contribution in [0.2, 0.25) is 0 Å². The van der Waals surface area contributed by atoms with E-state index >= 15 is 0 Å². The van der Waals surface area contributed by atoms with Crippen LogP contribution >= 0.6 is 0 Å². The molecule has 2 aromatic carbocycles. The highest BCUT2D eigenvalue weighted by molar-refractivity contribution is 6.47. The molecule has 11 heteroatoms. The van der Waals surface area contributed by atoms with Crippen LogP contribution < -0.4 is 14.6 Å². The number of nitro groups is 1. The lowest BCUT2D eigenvalue weighted by Gasteiger charge is -2.22. The molecular weight excluding hydrogens is 420 g/mol. The Morgan fingerprint density at radius 3 is 2.44 bits per heavy atom. The van der Waals surface area contributed by atoms with E-state index in [1.54, 1.807) is 31.2 Å². The summed E-state index contributed by atoms with van der Waals surface area (Å²) in [5.74, 6) is -2.94. The third-order valence-electron chi connectivity index (χ3n) is 5.18. The van der Waals surface area contributed by atoms with Crippen LogP contribution in [0.25, 0.3) is 0 Å². The van der Waals surface area contributed by atoms with E-state index < -0.39 is 34.7 Å². The van der Waals surface area contributed by atoms with E-state index in [4.69, 9.17) is 9.47 Å². The molecule has 0 spiro atoms. The number of imide groups is 1. The van der Waals surface area contributed by atoms with Crippen LogP contribution in [0, 0.1) is 16.0 Å². The Hall–Kier alpha value is -4.28. The number of para-hydroxylation sites is 2. The molecule has 11 nitrogen and oxygen atoms in total. The van der Waals surface area contributed by atoms with Crippen LogP contribution in [0.1, 0.15) is 6.92 Å². The second-order valence-corrected chi connectivity index (χ2v) is 6.93. The van der Waals surface area contributed by atoms with Gasteiger partial charge in [0.15, 0.2) is 5.71 Å². The van der Waals surface area contributed by atoms with Crippen molar-refractivity contribution in [2.45, 2.75) is 13.0 Å². The van der Waals surface area contributed by atoms with Gasteiger partial charge in [-0.3, -0.25) is 24.7 Å². The van der Waals surface area contributed by atoms with Gasteiger partial charge in [0.1, 0.15) is 17.7 Å². The maximum atomic E-state index is 13.4. The minimum absolute atomic E-state index is 0.0606. The molecular formula is C21H18N4O7. The van der Waals surface area contributed by atoms with Gasteiger partial charge in [-0.05, 0) is 31.2 Å². The number of esters is 1. The van der Waals surface area contributed by atoms with Crippen LogP contribution in [-0.2, 0) is 19.1 Å². The third-order valence-corrected chi connectivity index (χ3v) is 5.18. The first-order chi connectivity index (χ1) is 15.4. The summed E-state index contributed by atoms with van der Waals surface area (Å²) in [5.41, 5.74) is 0.203. The number of hydrogen-bond donors (Lipinski definition) is 0. The Morgan fingerprint density at radius 1 is 1.12 bits per heavy atom. The molecule has 0 aromatic heterocycles. The van der Waals surface area contributed by atoms with E-state index in [-0.39, 0.29) is 23.7 Å². The maximum Gasteiger partial charge on any atom is 0.355 e. The number of amides is 2. The summed E-state index contributed by atoms with van der Waals surface area (Å²) in [5, 5.41) is 16.4. The number of fused-ring (bicyclic) bond motifs is 1. The van der Waals surface area contributed by atoms with Crippen LogP contribution in [0.15, 0.2) is 53.6 Å². The van der Waals surface area contributed by atoms with E-state index in [1.807, 2.05) is 0 Å². The number of hydrogen-bond acceptors (Lipinski definition) is 9. The summed E-state index contributed by atoms with van der Waals surface area (Å²) >= 11 is 0. The first-order valence-corrected chi connectivity index (χ1v) is 9.69. The van der Waals surface area contributed by atoms with Gasteiger partial charge in [0.05, 0.1) is 30.0 Å². The van der Waals surface area contributed by atoms with Gasteiger partial charge in [-0.1, -0.05) is 12.1 Å². The molecule has 0 radical (unpaired) electrons. The molecule has 0 aliphatic carbocycles. The number of hydrazone groups is 1. The monoisotopic (exact) mass is 438 g/mol. The summed E-state index contributed by atoms with van der Waals surface area (Å²) in [6.45, 7) is 1.67. The quantitative estimate of drug-likeness (QED) is 0.289. The molecule has 1 saturated heterocycles. The number of nitrogens with zero attached hydrogens (tertiary/aromatic N) is 4. The molecule has 2 aliphatic rings. The number of benzene rings is 2. The molecule has 0 N–H and O–H groups in total. The van der Waals surface area contributed by atoms with Gasteiger partial charge in [0, 0.05) is 12.1 Å². The fourth-order valence-corrected chi connectivity index (χ4v) is 3.78. The molecule has 1 fully saturated rings. The molecule has 2 amide bonds. The highest BCUT2D eigenvalue weighted by atomic mass is 16.6. The van der Waals surface area contributed by atoms with E-state index in [0.29, 0.717) is 11.4 Å². The van der Waals surface area contributed by atoms with Gasteiger partial charge in [0.25, 0.3) is 11.6 Å². The zero-order chi connectivity index (χ0) is 23.0. The molecule has 0 bridgehead atoms. The number of ether oxygens (including phenoxy) is 2. The average Bonchev–Trinajstić information content (AvgIpc) is 3.31. The standard InChI is InChI=1S/C21H18N4O7/c1-3-32-21(28)17-16-18(24(22-17)12-8-10-13(11-9-12)25(29)30)20(27)23(19(16)26)14-6-4-5-7-15(14)31-2/h4-11,16,18H,3H2,1-2H3. The smallest absolute Gasteiger partial charge is 0.355 e. The molecule has 2 aliphatic heterocycles. The minimum atomic E-state index is -1.19. The fourth-order valence-electron chi connectivity index (χ4n) is 3.78. The molecule has 164 valence electrons. The number of methoxy groups -OCH3 is 1. The Bertz CT molecular complexity index is 1150. The molecule has 0 saturated carbocycles. The number of non-ortho nitro benzene ring substituents is 1. The average molecular weight is 438 g/mol. The Labute approximate surface area is 182 Å². The van der Waals surface area contributed by atoms with Crippen LogP contribution in [-0.4, -0.2) is 48.2 Å². The van der Waals surface area contributed by atoms with Crippen molar-refractivity contribution in [1.29, 1.82) is 0 Å². The number of anilines is 2. The van der Waals surface area contributed by atoms with Crippen molar-refractivity contribution in [2.75, 3.05) is 23.6 Å².